The van der Waals surface area contributed by atoms with Gasteiger partial charge in [0.15, 0.2) is 5.75 Å². The zero-order valence-electron chi connectivity index (χ0n) is 13.4. The van der Waals surface area contributed by atoms with Crippen molar-refractivity contribution in [1.82, 2.24) is 4.65 Å². The number of nitrogens with zero attached hydrogens (tertiary/aromatic N) is 2. The van der Waals surface area contributed by atoms with E-state index in [1.54, 1.807) is 44.4 Å². The highest BCUT2D eigenvalue weighted by Crippen LogP contribution is 2.45. The smallest absolute Gasteiger partial charge is 0.239 e. The minimum Gasteiger partial charge on any atom is -0.502 e. The summed E-state index contributed by atoms with van der Waals surface area (Å²) in [5, 5.41) is 21.4. The Hall–Kier alpha value is -2.28. The van der Waals surface area contributed by atoms with Crippen LogP contribution in [0.2, 0.25) is 5.02 Å². The van der Waals surface area contributed by atoms with Crippen LogP contribution in [-0.4, -0.2) is 30.3 Å². The van der Waals surface area contributed by atoms with Gasteiger partial charge < -0.3 is 14.6 Å². The number of ether oxygens (including phenoxy) is 2. The number of hydrogen-bond donors (Lipinski definition) is 2. The average molecular weight is 350 g/mol. The lowest BCUT2D eigenvalue weighted by Crippen LogP contribution is -2.42. The summed E-state index contributed by atoms with van der Waals surface area (Å²) < 4.78 is 10.3. The number of rotatable bonds is 5. The van der Waals surface area contributed by atoms with Gasteiger partial charge in [-0.2, -0.15) is 4.99 Å². The normalized spacial score (nSPS) is 18.5. The van der Waals surface area contributed by atoms with Crippen LogP contribution in [0.4, 0.5) is 11.4 Å². The van der Waals surface area contributed by atoms with E-state index >= 15 is 0 Å². The molecule has 0 radical (unpaired) electrons. The SMILES string of the molecule is CC[N@+]1(O)C=Nc2ccc(COc3ccc(OC)cc3Cl)c(O)c21. The molecule has 0 unspecified atom stereocenters. The van der Waals surface area contributed by atoms with Gasteiger partial charge >= 0.3 is 0 Å². The number of hydrogen-bond acceptors (Lipinski definition) is 5. The Morgan fingerprint density at radius 3 is 2.71 bits per heavy atom. The first-order chi connectivity index (χ1) is 11.5. The zero-order chi connectivity index (χ0) is 17.3. The average Bonchev–Trinajstić information content (AvgIpc) is 2.93. The van der Waals surface area contributed by atoms with Gasteiger partial charge in [-0.05, 0) is 31.2 Å². The van der Waals surface area contributed by atoms with Gasteiger partial charge in [0.1, 0.15) is 30.3 Å². The summed E-state index contributed by atoms with van der Waals surface area (Å²) in [7, 11) is 1.56. The Kier molecular flexibility index (Phi) is 4.36. The summed E-state index contributed by atoms with van der Waals surface area (Å²) in [6.07, 6.45) is 1.40. The van der Waals surface area contributed by atoms with Gasteiger partial charge in [-0.1, -0.05) is 11.6 Å². The Bertz CT molecular complexity index is 809. The number of phenols is 1. The van der Waals surface area contributed by atoms with Crippen molar-refractivity contribution in [2.45, 2.75) is 13.5 Å². The van der Waals surface area contributed by atoms with E-state index in [0.717, 1.165) is 0 Å². The Labute approximate surface area is 144 Å². The van der Waals surface area contributed by atoms with Crippen molar-refractivity contribution in [2.24, 2.45) is 4.99 Å². The van der Waals surface area contributed by atoms with E-state index in [9.17, 15) is 10.3 Å². The van der Waals surface area contributed by atoms with Crippen molar-refractivity contribution in [3.05, 3.63) is 40.9 Å². The molecule has 2 aromatic carbocycles. The molecular formula is C17H18ClN2O4+. The fourth-order valence-corrected chi connectivity index (χ4v) is 2.77. The number of aromatic hydroxyl groups is 1. The van der Waals surface area contributed by atoms with Crippen LogP contribution in [0.25, 0.3) is 0 Å². The molecule has 0 spiro atoms. The fourth-order valence-electron chi connectivity index (χ4n) is 2.55. The van der Waals surface area contributed by atoms with Crippen molar-refractivity contribution in [2.75, 3.05) is 13.7 Å². The van der Waals surface area contributed by atoms with Gasteiger partial charge in [0, 0.05) is 11.6 Å². The maximum Gasteiger partial charge on any atom is 0.239 e. The highest BCUT2D eigenvalue weighted by atomic mass is 35.5. The second-order valence-corrected chi connectivity index (χ2v) is 5.82. The van der Waals surface area contributed by atoms with Crippen LogP contribution in [0.5, 0.6) is 17.2 Å². The van der Waals surface area contributed by atoms with Crippen molar-refractivity contribution >= 4 is 29.3 Å². The number of methoxy groups -OCH3 is 1. The maximum absolute atomic E-state index is 10.5. The molecule has 24 heavy (non-hydrogen) atoms. The van der Waals surface area contributed by atoms with Crippen molar-refractivity contribution < 1.29 is 19.8 Å². The molecule has 1 aliphatic rings. The molecule has 6 nitrogen and oxygen atoms in total. The minimum absolute atomic E-state index is 0.0287. The molecule has 2 aromatic rings. The van der Waals surface area contributed by atoms with E-state index in [4.69, 9.17) is 21.1 Å². The molecule has 1 heterocycles. The third kappa shape index (κ3) is 2.80. The lowest BCUT2D eigenvalue weighted by atomic mass is 10.1. The van der Waals surface area contributed by atoms with Crippen LogP contribution in [0.3, 0.4) is 0 Å². The summed E-state index contributed by atoms with van der Waals surface area (Å²) in [6.45, 7) is 2.27. The Balaban J connectivity index is 1.84. The highest BCUT2D eigenvalue weighted by molar-refractivity contribution is 6.32. The topological polar surface area (TPSA) is 71.3 Å². The van der Waals surface area contributed by atoms with Gasteiger partial charge in [-0.3, -0.25) is 0 Å². The summed E-state index contributed by atoms with van der Waals surface area (Å²) in [5.41, 5.74) is 1.44. The summed E-state index contributed by atoms with van der Waals surface area (Å²) in [5.74, 6) is 1.09. The zero-order valence-corrected chi connectivity index (χ0v) is 14.1. The molecule has 0 saturated heterocycles. The Morgan fingerprint density at radius 1 is 1.25 bits per heavy atom. The molecule has 2 N–H and O–H groups in total. The van der Waals surface area contributed by atoms with E-state index < -0.39 is 4.65 Å². The van der Waals surface area contributed by atoms with E-state index in [2.05, 4.69) is 4.99 Å². The molecule has 0 amide bonds. The van der Waals surface area contributed by atoms with E-state index in [-0.39, 0.29) is 12.4 Å². The molecule has 0 bridgehead atoms. The molecule has 0 saturated carbocycles. The lowest BCUT2D eigenvalue weighted by Gasteiger charge is -2.21. The highest BCUT2D eigenvalue weighted by Gasteiger charge is 2.38. The lowest BCUT2D eigenvalue weighted by molar-refractivity contribution is 0.00628. The van der Waals surface area contributed by atoms with Gasteiger partial charge in [-0.25, -0.2) is 5.21 Å². The second-order valence-electron chi connectivity index (χ2n) is 5.41. The van der Waals surface area contributed by atoms with Crippen LogP contribution < -0.4 is 14.1 Å². The van der Waals surface area contributed by atoms with Crippen molar-refractivity contribution in [1.29, 1.82) is 0 Å². The largest absolute Gasteiger partial charge is 0.502 e. The molecule has 0 aliphatic carbocycles. The van der Waals surface area contributed by atoms with Gasteiger partial charge in [0.2, 0.25) is 12.0 Å². The molecule has 3 rings (SSSR count). The predicted octanol–water partition coefficient (Wildman–Crippen LogP) is 4.02. The third-order valence-electron chi connectivity index (χ3n) is 3.99. The van der Waals surface area contributed by atoms with Gasteiger partial charge in [0.25, 0.3) is 0 Å². The van der Waals surface area contributed by atoms with Gasteiger partial charge in [-0.15, -0.1) is 4.65 Å². The van der Waals surface area contributed by atoms with E-state index in [1.807, 2.05) is 0 Å². The molecule has 1 atom stereocenters. The van der Waals surface area contributed by atoms with Crippen LogP contribution in [0, 0.1) is 0 Å². The van der Waals surface area contributed by atoms with E-state index in [1.165, 1.54) is 6.34 Å². The van der Waals surface area contributed by atoms with E-state index in [0.29, 0.717) is 40.0 Å². The van der Waals surface area contributed by atoms with Crippen molar-refractivity contribution in [3.63, 3.8) is 0 Å². The first kappa shape index (κ1) is 16.6. The number of phenolic OH excluding ortho intramolecular Hbond substituents is 1. The summed E-state index contributed by atoms with van der Waals surface area (Å²) >= 11 is 6.15. The standard InChI is InChI=1S/C17H17ClN2O4/c1-3-20(22)10-19-14-6-4-11(17(21)16(14)20)9-24-15-7-5-12(23-2)8-13(15)18/h4-8,10,22H,3,9H2,1-2H3/p+1/t20-/m0/s1. The van der Waals surface area contributed by atoms with Gasteiger partial charge in [0.05, 0.1) is 12.1 Å². The summed E-state index contributed by atoms with van der Waals surface area (Å²) in [6, 6.07) is 8.55. The monoisotopic (exact) mass is 349 g/mol. The minimum atomic E-state index is -0.529. The molecular weight excluding hydrogens is 332 g/mol. The Morgan fingerprint density at radius 2 is 2.04 bits per heavy atom. The molecule has 1 aliphatic heterocycles. The van der Waals surface area contributed by atoms with Crippen molar-refractivity contribution in [3.8, 4) is 17.2 Å². The molecule has 126 valence electrons. The third-order valence-corrected chi connectivity index (χ3v) is 4.29. The number of benzene rings is 2. The second kappa shape index (κ2) is 6.32. The summed E-state index contributed by atoms with van der Waals surface area (Å²) in [4.78, 5) is 4.14. The predicted molar refractivity (Wildman–Crippen MR) is 92.7 cm³/mol. The maximum atomic E-state index is 10.5. The van der Waals surface area contributed by atoms with Crippen LogP contribution in [0.1, 0.15) is 12.5 Å². The first-order valence-electron chi connectivity index (χ1n) is 7.46. The van der Waals surface area contributed by atoms with Crippen LogP contribution >= 0.6 is 11.6 Å². The quantitative estimate of drug-likeness (QED) is 0.800. The number of hydroxylamine groups is 2. The number of aliphatic imine (C=N–C) groups is 1. The number of quaternary nitrogens is 1. The first-order valence-corrected chi connectivity index (χ1v) is 7.83. The molecule has 0 fully saturated rings. The fraction of sp³-hybridized carbons (Fsp3) is 0.235. The van der Waals surface area contributed by atoms with Crippen LogP contribution in [-0.2, 0) is 6.61 Å². The molecule has 7 heteroatoms. The van der Waals surface area contributed by atoms with Crippen LogP contribution in [0.15, 0.2) is 35.3 Å². The number of halogens is 1. The molecule has 0 aromatic heterocycles. The number of fused-ring (bicyclic) bond motifs is 1.